The number of hydrogen-bond acceptors (Lipinski definition) is 2. The van der Waals surface area contributed by atoms with Crippen LogP contribution in [0.5, 0.6) is 0 Å². The first-order valence-electron chi connectivity index (χ1n) is 6.55. The van der Waals surface area contributed by atoms with E-state index in [1.165, 1.54) is 11.3 Å². The first-order chi connectivity index (χ1) is 8.54. The summed E-state index contributed by atoms with van der Waals surface area (Å²) in [6.07, 6.45) is 8.16. The van der Waals surface area contributed by atoms with E-state index < -0.39 is 6.10 Å². The number of aryl methyl sites for hydroxylation is 1. The Labute approximate surface area is 109 Å². The van der Waals surface area contributed by atoms with E-state index >= 15 is 0 Å². The van der Waals surface area contributed by atoms with E-state index in [0.29, 0.717) is 6.42 Å². The summed E-state index contributed by atoms with van der Waals surface area (Å²) in [5.41, 5.74) is 2.53. The van der Waals surface area contributed by atoms with Gasteiger partial charge in [0, 0.05) is 31.8 Å². The lowest BCUT2D eigenvalue weighted by atomic mass is 10.1. The fourth-order valence-corrected chi connectivity index (χ4v) is 2.07. The molecule has 0 aliphatic rings. The second-order valence-electron chi connectivity index (χ2n) is 4.72. The van der Waals surface area contributed by atoms with E-state index in [-0.39, 0.29) is 12.2 Å². The Hall–Kier alpha value is -1.35. The second-order valence-corrected chi connectivity index (χ2v) is 4.72. The highest BCUT2D eigenvalue weighted by Gasteiger charge is 2.05. The standard InChI is InChI=1S/C15H23NO2/c1-4-15-13(9-10-16(15)3)7-5-6-8-14(18)11-12(2)17/h5,7,9-10,12,17H,4,6,8,11H2,1-3H3/b7-5+. The van der Waals surface area contributed by atoms with E-state index in [0.717, 1.165) is 12.8 Å². The van der Waals surface area contributed by atoms with Gasteiger partial charge in [-0.15, -0.1) is 0 Å². The molecule has 0 amide bonds. The van der Waals surface area contributed by atoms with Crippen LogP contribution < -0.4 is 0 Å². The average molecular weight is 249 g/mol. The van der Waals surface area contributed by atoms with Gasteiger partial charge in [-0.1, -0.05) is 19.1 Å². The van der Waals surface area contributed by atoms with Gasteiger partial charge in [0.15, 0.2) is 0 Å². The number of ketones is 1. The third-order valence-corrected chi connectivity index (χ3v) is 2.98. The summed E-state index contributed by atoms with van der Waals surface area (Å²) in [5, 5.41) is 9.09. The molecule has 0 saturated heterocycles. The number of aromatic nitrogens is 1. The lowest BCUT2D eigenvalue weighted by Gasteiger charge is -2.02. The average Bonchev–Trinajstić information content (AvgIpc) is 2.64. The highest BCUT2D eigenvalue weighted by Crippen LogP contribution is 2.13. The number of carbonyl (C=O) groups is 1. The Bertz CT molecular complexity index is 416. The van der Waals surface area contributed by atoms with Crippen LogP contribution in [-0.2, 0) is 18.3 Å². The number of carbonyl (C=O) groups excluding carboxylic acids is 1. The molecule has 1 unspecified atom stereocenters. The Morgan fingerprint density at radius 1 is 1.56 bits per heavy atom. The van der Waals surface area contributed by atoms with Crippen LogP contribution in [-0.4, -0.2) is 21.6 Å². The monoisotopic (exact) mass is 249 g/mol. The molecule has 0 radical (unpaired) electrons. The smallest absolute Gasteiger partial charge is 0.135 e. The fraction of sp³-hybridized carbons (Fsp3) is 0.533. The Balaban J connectivity index is 2.43. The first kappa shape index (κ1) is 14.7. The number of aliphatic hydroxyl groups is 1. The SMILES string of the molecule is CCc1c(/C=C/CCC(=O)CC(C)O)ccn1C. The number of rotatable bonds is 7. The molecule has 1 aromatic heterocycles. The van der Waals surface area contributed by atoms with E-state index in [4.69, 9.17) is 5.11 Å². The largest absolute Gasteiger partial charge is 0.393 e. The van der Waals surface area contributed by atoms with Crippen molar-refractivity contribution in [2.24, 2.45) is 7.05 Å². The van der Waals surface area contributed by atoms with E-state index in [2.05, 4.69) is 29.8 Å². The van der Waals surface area contributed by atoms with Crippen molar-refractivity contribution in [2.75, 3.05) is 0 Å². The quantitative estimate of drug-likeness (QED) is 0.807. The van der Waals surface area contributed by atoms with E-state index in [1.807, 2.05) is 13.1 Å². The van der Waals surface area contributed by atoms with Gasteiger partial charge in [0.1, 0.15) is 5.78 Å². The van der Waals surface area contributed by atoms with Gasteiger partial charge in [-0.3, -0.25) is 4.79 Å². The molecule has 0 aliphatic heterocycles. The molecule has 1 N–H and O–H groups in total. The molecule has 0 spiro atoms. The molecule has 100 valence electrons. The zero-order valence-electron chi connectivity index (χ0n) is 11.5. The Morgan fingerprint density at radius 2 is 2.28 bits per heavy atom. The molecule has 0 bridgehead atoms. The molecule has 0 fully saturated rings. The third kappa shape index (κ3) is 4.49. The molecular formula is C15H23NO2. The van der Waals surface area contributed by atoms with Crippen molar-refractivity contribution < 1.29 is 9.90 Å². The van der Waals surface area contributed by atoms with Gasteiger partial charge in [-0.05, 0) is 31.4 Å². The van der Waals surface area contributed by atoms with Crippen LogP contribution in [0.2, 0.25) is 0 Å². The van der Waals surface area contributed by atoms with Gasteiger partial charge in [-0.2, -0.15) is 0 Å². The van der Waals surface area contributed by atoms with Crippen LogP contribution in [0.3, 0.4) is 0 Å². The summed E-state index contributed by atoms with van der Waals surface area (Å²) in [6, 6.07) is 2.09. The topological polar surface area (TPSA) is 42.2 Å². The number of Topliss-reactive ketones (excluding diaryl/α,β-unsaturated/α-hetero) is 1. The molecule has 0 aromatic carbocycles. The van der Waals surface area contributed by atoms with Crippen molar-refractivity contribution in [3.05, 3.63) is 29.6 Å². The maximum absolute atomic E-state index is 11.4. The van der Waals surface area contributed by atoms with Crippen molar-refractivity contribution in [1.82, 2.24) is 4.57 Å². The summed E-state index contributed by atoms with van der Waals surface area (Å²) in [6.45, 7) is 3.78. The maximum atomic E-state index is 11.4. The molecule has 0 aliphatic carbocycles. The number of allylic oxidation sites excluding steroid dienone is 1. The summed E-state index contributed by atoms with van der Waals surface area (Å²) in [4.78, 5) is 11.4. The zero-order valence-corrected chi connectivity index (χ0v) is 11.5. The number of nitrogens with zero attached hydrogens (tertiary/aromatic N) is 1. The highest BCUT2D eigenvalue weighted by atomic mass is 16.3. The summed E-state index contributed by atoms with van der Waals surface area (Å²) in [7, 11) is 2.04. The molecule has 3 nitrogen and oxygen atoms in total. The number of hydrogen-bond donors (Lipinski definition) is 1. The highest BCUT2D eigenvalue weighted by molar-refractivity contribution is 5.79. The molecular weight excluding hydrogens is 226 g/mol. The van der Waals surface area contributed by atoms with Crippen LogP contribution in [0, 0.1) is 0 Å². The fourth-order valence-electron chi connectivity index (χ4n) is 2.07. The minimum Gasteiger partial charge on any atom is -0.393 e. The molecule has 3 heteroatoms. The molecule has 1 heterocycles. The molecule has 18 heavy (non-hydrogen) atoms. The molecule has 1 atom stereocenters. The van der Waals surface area contributed by atoms with Crippen LogP contribution >= 0.6 is 0 Å². The van der Waals surface area contributed by atoms with E-state index in [1.54, 1.807) is 6.92 Å². The summed E-state index contributed by atoms with van der Waals surface area (Å²) >= 11 is 0. The van der Waals surface area contributed by atoms with Crippen LogP contribution in [0.1, 0.15) is 44.4 Å². The zero-order chi connectivity index (χ0) is 13.5. The Kier molecular flexibility index (Phi) is 5.86. The van der Waals surface area contributed by atoms with Crippen molar-refractivity contribution in [1.29, 1.82) is 0 Å². The van der Waals surface area contributed by atoms with Crippen molar-refractivity contribution in [2.45, 2.75) is 45.6 Å². The maximum Gasteiger partial charge on any atom is 0.135 e. The van der Waals surface area contributed by atoms with Crippen LogP contribution in [0.25, 0.3) is 6.08 Å². The minimum absolute atomic E-state index is 0.124. The lowest BCUT2D eigenvalue weighted by Crippen LogP contribution is -2.08. The predicted molar refractivity (Wildman–Crippen MR) is 74.4 cm³/mol. The van der Waals surface area contributed by atoms with Crippen LogP contribution in [0.4, 0.5) is 0 Å². The molecule has 0 saturated carbocycles. The second kappa shape index (κ2) is 7.17. The lowest BCUT2D eigenvalue weighted by molar-refractivity contribution is -0.120. The van der Waals surface area contributed by atoms with Crippen molar-refractivity contribution >= 4 is 11.9 Å². The first-order valence-corrected chi connectivity index (χ1v) is 6.55. The normalized spacial score (nSPS) is 13.1. The third-order valence-electron chi connectivity index (χ3n) is 2.98. The van der Waals surface area contributed by atoms with Gasteiger partial charge >= 0.3 is 0 Å². The Morgan fingerprint density at radius 3 is 2.89 bits per heavy atom. The molecule has 1 aromatic rings. The van der Waals surface area contributed by atoms with Gasteiger partial charge in [0.2, 0.25) is 0 Å². The predicted octanol–water partition coefficient (Wildman–Crippen LogP) is 2.72. The number of aliphatic hydroxyl groups excluding tert-OH is 1. The van der Waals surface area contributed by atoms with Gasteiger partial charge in [-0.25, -0.2) is 0 Å². The molecule has 1 rings (SSSR count). The van der Waals surface area contributed by atoms with Crippen LogP contribution in [0.15, 0.2) is 18.3 Å². The van der Waals surface area contributed by atoms with E-state index in [9.17, 15) is 4.79 Å². The summed E-state index contributed by atoms with van der Waals surface area (Å²) in [5.74, 6) is 0.124. The summed E-state index contributed by atoms with van der Waals surface area (Å²) < 4.78 is 2.12. The van der Waals surface area contributed by atoms with Gasteiger partial charge < -0.3 is 9.67 Å². The van der Waals surface area contributed by atoms with Crippen molar-refractivity contribution in [3.8, 4) is 0 Å². The van der Waals surface area contributed by atoms with Gasteiger partial charge in [0.05, 0.1) is 6.10 Å². The van der Waals surface area contributed by atoms with Crippen molar-refractivity contribution in [3.63, 3.8) is 0 Å². The minimum atomic E-state index is -0.526. The van der Waals surface area contributed by atoms with Gasteiger partial charge in [0.25, 0.3) is 0 Å².